The monoisotopic (exact) mass is 288 g/mol. The van der Waals surface area contributed by atoms with Crippen molar-refractivity contribution in [3.05, 3.63) is 22.2 Å². The van der Waals surface area contributed by atoms with Crippen molar-refractivity contribution < 1.29 is 24.4 Å². The molecule has 6 heteroatoms. The maximum Gasteiger partial charge on any atom is 0.338 e. The second-order valence-corrected chi connectivity index (χ2v) is 4.37. The first-order valence-electron chi connectivity index (χ1n) is 5.92. The highest BCUT2D eigenvalue weighted by atomic mass is 35.5. The van der Waals surface area contributed by atoms with Gasteiger partial charge in [0, 0.05) is 5.56 Å². The molecule has 0 aliphatic heterocycles. The van der Waals surface area contributed by atoms with Crippen LogP contribution in [0.1, 0.15) is 35.7 Å². The fraction of sp³-hybridized carbons (Fsp3) is 0.462. The average Bonchev–Trinajstić information content (AvgIpc) is 2.41. The van der Waals surface area contributed by atoms with E-state index in [0.29, 0.717) is 12.2 Å². The van der Waals surface area contributed by atoms with Crippen molar-refractivity contribution in [1.29, 1.82) is 0 Å². The number of carbonyl (C=O) groups excluding carboxylic acids is 1. The summed E-state index contributed by atoms with van der Waals surface area (Å²) in [5, 5.41) is 10.0. The number of hydrogen-bond donors (Lipinski definition) is 1. The van der Waals surface area contributed by atoms with Crippen LogP contribution in [0.15, 0.2) is 6.07 Å². The van der Waals surface area contributed by atoms with E-state index in [-0.39, 0.29) is 22.1 Å². The number of hydrogen-bond acceptors (Lipinski definition) is 5. The second-order valence-electron chi connectivity index (χ2n) is 3.96. The van der Waals surface area contributed by atoms with Crippen molar-refractivity contribution >= 4 is 17.6 Å². The molecule has 0 radical (unpaired) electrons. The van der Waals surface area contributed by atoms with E-state index >= 15 is 0 Å². The van der Waals surface area contributed by atoms with Gasteiger partial charge in [0.25, 0.3) is 0 Å². The Hall–Kier alpha value is -1.46. The largest absolute Gasteiger partial charge is 0.504 e. The van der Waals surface area contributed by atoms with Crippen molar-refractivity contribution in [1.82, 2.24) is 0 Å². The molecule has 106 valence electrons. The van der Waals surface area contributed by atoms with Gasteiger partial charge in [-0.3, -0.25) is 0 Å². The van der Waals surface area contributed by atoms with Gasteiger partial charge in [0.2, 0.25) is 5.75 Å². The van der Waals surface area contributed by atoms with E-state index in [1.165, 1.54) is 13.2 Å². The summed E-state index contributed by atoms with van der Waals surface area (Å²) in [5.41, 5.74) is 0.510. The molecular formula is C13H17ClO5. The van der Waals surface area contributed by atoms with E-state index in [9.17, 15) is 9.90 Å². The zero-order valence-electron chi connectivity index (χ0n) is 11.2. The number of aromatic hydroxyl groups is 1. The molecule has 0 aliphatic carbocycles. The van der Waals surface area contributed by atoms with Crippen LogP contribution in [0.25, 0.3) is 0 Å². The Balaban J connectivity index is 2.95. The number of esters is 1. The highest BCUT2D eigenvalue weighted by Crippen LogP contribution is 2.39. The molecular weight excluding hydrogens is 272 g/mol. The van der Waals surface area contributed by atoms with Crippen molar-refractivity contribution in [3.8, 4) is 11.5 Å². The van der Waals surface area contributed by atoms with Gasteiger partial charge in [-0.05, 0) is 19.4 Å². The SMILES string of the molecule is CCCCOOc1c(Cl)cc(C(=O)OC)c(C)c1O. The summed E-state index contributed by atoms with van der Waals surface area (Å²) in [6.07, 6.45) is 1.79. The Morgan fingerprint density at radius 3 is 2.74 bits per heavy atom. The van der Waals surface area contributed by atoms with Crippen LogP contribution in [0.2, 0.25) is 5.02 Å². The molecule has 1 rings (SSSR count). The number of methoxy groups -OCH3 is 1. The van der Waals surface area contributed by atoms with Gasteiger partial charge in [-0.15, -0.1) is 0 Å². The molecule has 0 fully saturated rings. The van der Waals surface area contributed by atoms with E-state index < -0.39 is 5.97 Å². The van der Waals surface area contributed by atoms with Crippen LogP contribution in [0.3, 0.4) is 0 Å². The Morgan fingerprint density at radius 2 is 2.16 bits per heavy atom. The Labute approximate surface area is 117 Å². The molecule has 19 heavy (non-hydrogen) atoms. The number of benzene rings is 1. The van der Waals surface area contributed by atoms with Crippen molar-refractivity contribution in [2.75, 3.05) is 13.7 Å². The molecule has 0 bridgehead atoms. The Morgan fingerprint density at radius 1 is 1.47 bits per heavy atom. The summed E-state index contributed by atoms with van der Waals surface area (Å²) in [4.78, 5) is 21.4. The Bertz CT molecular complexity index is 459. The van der Waals surface area contributed by atoms with E-state index in [1.807, 2.05) is 6.92 Å². The van der Waals surface area contributed by atoms with Crippen LogP contribution < -0.4 is 4.89 Å². The van der Waals surface area contributed by atoms with Crippen LogP contribution >= 0.6 is 11.6 Å². The van der Waals surface area contributed by atoms with Gasteiger partial charge in [-0.1, -0.05) is 24.9 Å². The van der Waals surface area contributed by atoms with E-state index in [4.69, 9.17) is 21.4 Å². The fourth-order valence-electron chi connectivity index (χ4n) is 1.42. The minimum absolute atomic E-state index is 0.00271. The Kier molecular flexibility index (Phi) is 5.92. The third-order valence-corrected chi connectivity index (χ3v) is 2.87. The van der Waals surface area contributed by atoms with Crippen LogP contribution in [-0.2, 0) is 9.62 Å². The molecule has 0 saturated carbocycles. The number of phenols is 1. The smallest absolute Gasteiger partial charge is 0.338 e. The predicted octanol–water partition coefficient (Wildman–Crippen LogP) is 3.25. The number of rotatable bonds is 6. The maximum atomic E-state index is 11.5. The van der Waals surface area contributed by atoms with Crippen LogP contribution in [0.5, 0.6) is 11.5 Å². The van der Waals surface area contributed by atoms with Crippen LogP contribution in [-0.4, -0.2) is 24.8 Å². The third kappa shape index (κ3) is 3.75. The zero-order chi connectivity index (χ0) is 14.4. The van der Waals surface area contributed by atoms with Gasteiger partial charge < -0.3 is 14.7 Å². The highest BCUT2D eigenvalue weighted by Gasteiger charge is 2.20. The minimum atomic E-state index is -0.576. The predicted molar refractivity (Wildman–Crippen MR) is 70.7 cm³/mol. The standard InChI is InChI=1S/C13H17ClO5/c1-4-5-6-18-19-12-10(14)7-9(13(16)17-3)8(2)11(12)15/h7,15H,4-6H2,1-3H3. The summed E-state index contributed by atoms with van der Waals surface area (Å²) in [7, 11) is 1.25. The normalized spacial score (nSPS) is 10.3. The van der Waals surface area contributed by atoms with Gasteiger partial charge in [-0.2, -0.15) is 4.89 Å². The first-order chi connectivity index (χ1) is 9.02. The quantitative estimate of drug-likeness (QED) is 0.377. The van der Waals surface area contributed by atoms with Gasteiger partial charge in [0.15, 0.2) is 5.75 Å². The zero-order valence-corrected chi connectivity index (χ0v) is 11.9. The topological polar surface area (TPSA) is 65.0 Å². The molecule has 0 unspecified atom stereocenters. The molecule has 0 saturated heterocycles. The summed E-state index contributed by atoms with van der Waals surface area (Å²) in [6, 6.07) is 1.38. The molecule has 1 aromatic rings. The summed E-state index contributed by atoms with van der Waals surface area (Å²) in [6.45, 7) is 3.98. The number of ether oxygens (including phenoxy) is 1. The number of phenolic OH excluding ortho intramolecular Hbond substituents is 1. The average molecular weight is 289 g/mol. The molecule has 0 spiro atoms. The summed E-state index contributed by atoms with van der Waals surface area (Å²) in [5.74, 6) is -0.805. The molecule has 0 aromatic heterocycles. The second kappa shape index (κ2) is 7.21. The number of unbranched alkanes of at least 4 members (excludes halogenated alkanes) is 1. The fourth-order valence-corrected chi connectivity index (χ4v) is 1.65. The van der Waals surface area contributed by atoms with Gasteiger partial charge in [0.05, 0.1) is 24.3 Å². The molecule has 0 atom stereocenters. The van der Waals surface area contributed by atoms with E-state index in [1.54, 1.807) is 6.92 Å². The molecule has 0 heterocycles. The first-order valence-corrected chi connectivity index (χ1v) is 6.30. The lowest BCUT2D eigenvalue weighted by atomic mass is 10.1. The van der Waals surface area contributed by atoms with Gasteiger partial charge in [0.1, 0.15) is 0 Å². The van der Waals surface area contributed by atoms with E-state index in [0.717, 1.165) is 12.8 Å². The third-order valence-electron chi connectivity index (χ3n) is 2.59. The summed E-state index contributed by atoms with van der Waals surface area (Å²) >= 11 is 5.95. The van der Waals surface area contributed by atoms with Crippen molar-refractivity contribution in [2.45, 2.75) is 26.7 Å². The molecule has 1 N–H and O–H groups in total. The summed E-state index contributed by atoms with van der Waals surface area (Å²) < 4.78 is 4.60. The minimum Gasteiger partial charge on any atom is -0.504 e. The maximum absolute atomic E-state index is 11.5. The van der Waals surface area contributed by atoms with Crippen LogP contribution in [0, 0.1) is 6.92 Å². The number of halogens is 1. The van der Waals surface area contributed by atoms with E-state index in [2.05, 4.69) is 4.74 Å². The lowest BCUT2D eigenvalue weighted by molar-refractivity contribution is -0.208. The molecule has 0 amide bonds. The lowest BCUT2D eigenvalue weighted by Crippen LogP contribution is -2.06. The van der Waals surface area contributed by atoms with Gasteiger partial charge >= 0.3 is 5.97 Å². The number of carbonyl (C=O) groups is 1. The highest BCUT2D eigenvalue weighted by molar-refractivity contribution is 6.32. The first kappa shape index (κ1) is 15.6. The van der Waals surface area contributed by atoms with Gasteiger partial charge in [-0.25, -0.2) is 4.79 Å². The van der Waals surface area contributed by atoms with Crippen LogP contribution in [0.4, 0.5) is 0 Å². The lowest BCUT2D eigenvalue weighted by Gasteiger charge is -2.12. The molecule has 0 aliphatic rings. The van der Waals surface area contributed by atoms with Crippen molar-refractivity contribution in [3.63, 3.8) is 0 Å². The van der Waals surface area contributed by atoms with Crippen molar-refractivity contribution in [2.24, 2.45) is 0 Å². The molecule has 5 nitrogen and oxygen atoms in total. The molecule has 1 aromatic carbocycles.